The van der Waals surface area contributed by atoms with Gasteiger partial charge in [-0.05, 0) is 28.6 Å². The molecule has 16 heavy (non-hydrogen) atoms. The Kier molecular flexibility index (Phi) is 5.86. The molecule has 0 bridgehead atoms. The zero-order valence-corrected chi connectivity index (χ0v) is 12.7. The van der Waals surface area contributed by atoms with Crippen LogP contribution in [0.5, 0.6) is 0 Å². The van der Waals surface area contributed by atoms with Gasteiger partial charge in [-0.15, -0.1) is 0 Å². The van der Waals surface area contributed by atoms with Gasteiger partial charge in [0, 0.05) is 18.8 Å². The van der Waals surface area contributed by atoms with Crippen molar-refractivity contribution < 1.29 is 0 Å². The van der Waals surface area contributed by atoms with Gasteiger partial charge in [-0.2, -0.15) is 11.8 Å². The first kappa shape index (κ1) is 14.1. The average molecular weight is 325 g/mol. The van der Waals surface area contributed by atoms with Crippen LogP contribution in [0.25, 0.3) is 0 Å². The smallest absolute Gasteiger partial charge is 0.148 e. The van der Waals surface area contributed by atoms with Crippen LogP contribution in [0.1, 0.15) is 13.3 Å². The van der Waals surface area contributed by atoms with E-state index in [1.807, 2.05) is 18.8 Å². The lowest BCUT2D eigenvalue weighted by molar-refractivity contribution is 0.664. The summed E-state index contributed by atoms with van der Waals surface area (Å²) in [5.74, 6) is 1.92. The first-order chi connectivity index (χ1) is 7.61. The Morgan fingerprint density at radius 1 is 1.56 bits per heavy atom. The Morgan fingerprint density at radius 3 is 2.81 bits per heavy atom. The van der Waals surface area contributed by atoms with Gasteiger partial charge in [0.1, 0.15) is 17.3 Å². The van der Waals surface area contributed by atoms with Crippen LogP contribution >= 0.6 is 39.3 Å². The summed E-state index contributed by atoms with van der Waals surface area (Å²) < 4.78 is 0.763. The fraction of sp³-hybridized carbons (Fsp3) is 0.600. The summed E-state index contributed by atoms with van der Waals surface area (Å²) in [5.41, 5.74) is 0. The summed E-state index contributed by atoms with van der Waals surface area (Å²) >= 11 is 11.2. The van der Waals surface area contributed by atoms with E-state index < -0.39 is 0 Å². The Hall–Kier alpha value is -0.0000000000000000555. The molecule has 90 valence electrons. The Labute approximate surface area is 114 Å². The summed E-state index contributed by atoms with van der Waals surface area (Å²) in [6.07, 6.45) is 4.68. The molecule has 0 aliphatic heterocycles. The van der Waals surface area contributed by atoms with Crippen LogP contribution in [0.15, 0.2) is 10.8 Å². The quantitative estimate of drug-likeness (QED) is 0.776. The highest BCUT2D eigenvalue weighted by Crippen LogP contribution is 2.30. The van der Waals surface area contributed by atoms with Crippen LogP contribution in [0.3, 0.4) is 0 Å². The van der Waals surface area contributed by atoms with Crippen molar-refractivity contribution in [3.63, 3.8) is 0 Å². The number of hydrogen-bond acceptors (Lipinski definition) is 4. The predicted molar refractivity (Wildman–Crippen MR) is 75.6 cm³/mol. The molecule has 0 saturated carbocycles. The van der Waals surface area contributed by atoms with Crippen molar-refractivity contribution in [2.75, 3.05) is 24.0 Å². The van der Waals surface area contributed by atoms with Gasteiger partial charge in [0.25, 0.3) is 0 Å². The molecule has 3 nitrogen and oxygen atoms in total. The lowest BCUT2D eigenvalue weighted by Gasteiger charge is -2.28. The first-order valence-corrected chi connectivity index (χ1v) is 7.56. The number of nitrogens with zero attached hydrogens (tertiary/aromatic N) is 3. The zero-order valence-electron chi connectivity index (χ0n) is 9.57. The Bertz CT molecular complexity index is 351. The minimum Gasteiger partial charge on any atom is -0.355 e. The van der Waals surface area contributed by atoms with E-state index in [4.69, 9.17) is 11.6 Å². The molecular weight excluding hydrogens is 310 g/mol. The monoisotopic (exact) mass is 323 g/mol. The van der Waals surface area contributed by atoms with Gasteiger partial charge in [0.05, 0.1) is 4.47 Å². The second kappa shape index (κ2) is 6.67. The van der Waals surface area contributed by atoms with Gasteiger partial charge in [-0.25, -0.2) is 9.97 Å². The van der Waals surface area contributed by atoms with Crippen molar-refractivity contribution in [2.24, 2.45) is 0 Å². The molecule has 1 atom stereocenters. The minimum atomic E-state index is 0.454. The highest BCUT2D eigenvalue weighted by Gasteiger charge is 2.17. The fourth-order valence-corrected chi connectivity index (χ4v) is 2.91. The second-order valence-corrected chi connectivity index (χ2v) is 5.49. The summed E-state index contributed by atoms with van der Waals surface area (Å²) in [6.45, 7) is 2.17. The Balaban J connectivity index is 2.94. The molecule has 6 heteroatoms. The topological polar surface area (TPSA) is 29.0 Å². The molecule has 1 aromatic heterocycles. The SMILES string of the molecule is CCC(CSC)N(C)c1ncnc(Cl)c1Br. The van der Waals surface area contributed by atoms with Crippen molar-refractivity contribution in [3.05, 3.63) is 16.0 Å². The first-order valence-electron chi connectivity index (χ1n) is 4.99. The van der Waals surface area contributed by atoms with Gasteiger partial charge in [-0.3, -0.25) is 0 Å². The number of hydrogen-bond donors (Lipinski definition) is 0. The van der Waals surface area contributed by atoms with Gasteiger partial charge < -0.3 is 4.90 Å². The third-order valence-electron chi connectivity index (χ3n) is 2.44. The molecule has 0 aliphatic rings. The normalized spacial score (nSPS) is 12.6. The molecule has 0 amide bonds. The predicted octanol–water partition coefficient (Wildman–Crippen LogP) is 3.47. The highest BCUT2D eigenvalue weighted by atomic mass is 79.9. The molecule has 1 rings (SSSR count). The summed E-state index contributed by atoms with van der Waals surface area (Å²) in [7, 11) is 2.04. The van der Waals surface area contributed by atoms with E-state index in [-0.39, 0.29) is 0 Å². The van der Waals surface area contributed by atoms with Gasteiger partial charge in [0.2, 0.25) is 0 Å². The van der Waals surface area contributed by atoms with Crippen molar-refractivity contribution in [2.45, 2.75) is 19.4 Å². The van der Waals surface area contributed by atoms with E-state index in [1.54, 1.807) is 0 Å². The summed E-state index contributed by atoms with van der Waals surface area (Å²) in [5, 5.41) is 0.454. The molecule has 0 radical (unpaired) electrons. The molecule has 1 aromatic rings. The van der Waals surface area contributed by atoms with Gasteiger partial charge >= 0.3 is 0 Å². The molecule has 0 spiro atoms. The maximum Gasteiger partial charge on any atom is 0.148 e. The lowest BCUT2D eigenvalue weighted by Crippen LogP contribution is -2.34. The standard InChI is InChI=1S/C10H15BrClN3S/c1-4-7(5-16-3)15(2)10-8(11)9(12)13-6-14-10/h6-7H,4-5H2,1-3H3. The molecule has 1 unspecified atom stereocenters. The number of aromatic nitrogens is 2. The van der Waals surface area contributed by atoms with Crippen LogP contribution in [0.4, 0.5) is 5.82 Å². The minimum absolute atomic E-state index is 0.454. The van der Waals surface area contributed by atoms with E-state index in [0.717, 1.165) is 22.5 Å². The molecule has 1 heterocycles. The van der Waals surface area contributed by atoms with Crippen molar-refractivity contribution in [3.8, 4) is 0 Å². The van der Waals surface area contributed by atoms with Crippen LogP contribution in [0, 0.1) is 0 Å². The lowest BCUT2D eigenvalue weighted by atomic mass is 10.2. The third kappa shape index (κ3) is 3.25. The van der Waals surface area contributed by atoms with E-state index in [1.165, 1.54) is 6.33 Å². The fourth-order valence-electron chi connectivity index (χ4n) is 1.45. The van der Waals surface area contributed by atoms with Gasteiger partial charge in [0.15, 0.2) is 0 Å². The van der Waals surface area contributed by atoms with E-state index >= 15 is 0 Å². The number of thioether (sulfide) groups is 1. The van der Waals surface area contributed by atoms with Crippen LogP contribution < -0.4 is 4.90 Å². The van der Waals surface area contributed by atoms with Crippen LogP contribution in [-0.2, 0) is 0 Å². The number of halogens is 2. The average Bonchev–Trinajstić information content (AvgIpc) is 2.29. The Morgan fingerprint density at radius 2 is 2.25 bits per heavy atom. The van der Waals surface area contributed by atoms with E-state index in [9.17, 15) is 0 Å². The molecule has 0 aromatic carbocycles. The highest BCUT2D eigenvalue weighted by molar-refractivity contribution is 9.10. The van der Waals surface area contributed by atoms with Crippen molar-refractivity contribution in [1.29, 1.82) is 0 Å². The van der Waals surface area contributed by atoms with Crippen LogP contribution in [0.2, 0.25) is 5.15 Å². The number of rotatable bonds is 5. The second-order valence-electron chi connectivity index (χ2n) is 3.43. The zero-order chi connectivity index (χ0) is 12.1. The molecule has 0 N–H and O–H groups in total. The molecule has 0 fully saturated rings. The maximum absolute atomic E-state index is 5.95. The van der Waals surface area contributed by atoms with Crippen molar-refractivity contribution in [1.82, 2.24) is 9.97 Å². The largest absolute Gasteiger partial charge is 0.355 e. The summed E-state index contributed by atoms with van der Waals surface area (Å²) in [6, 6.07) is 0.456. The van der Waals surface area contributed by atoms with Crippen LogP contribution in [-0.4, -0.2) is 35.1 Å². The summed E-state index contributed by atoms with van der Waals surface area (Å²) in [4.78, 5) is 10.3. The maximum atomic E-state index is 5.95. The van der Waals surface area contributed by atoms with Crippen molar-refractivity contribution >= 4 is 45.1 Å². The molecule has 0 saturated heterocycles. The van der Waals surface area contributed by atoms with Gasteiger partial charge in [-0.1, -0.05) is 18.5 Å². The number of anilines is 1. The third-order valence-corrected chi connectivity index (χ3v) is 4.40. The molecule has 0 aliphatic carbocycles. The van der Waals surface area contributed by atoms with E-state index in [2.05, 4.69) is 44.0 Å². The van der Waals surface area contributed by atoms with E-state index in [0.29, 0.717) is 11.2 Å². The molecular formula is C10H15BrClN3S.